The van der Waals surface area contributed by atoms with Crippen LogP contribution < -0.4 is 25.6 Å². The molecule has 0 saturated carbocycles. The summed E-state index contributed by atoms with van der Waals surface area (Å²) in [5.41, 5.74) is 0.713. The van der Waals surface area contributed by atoms with Gasteiger partial charge in [-0.3, -0.25) is 9.52 Å². The van der Waals surface area contributed by atoms with E-state index >= 15 is 0 Å². The molecule has 1 N–H and O–H groups in total. The number of nitrogens with one attached hydrogen (secondary N) is 1. The smallest absolute Gasteiger partial charge is 0.438 e. The molecule has 2 heterocycles. The fraction of sp³-hybridized carbons (Fsp3) is 0.419. The van der Waals surface area contributed by atoms with Crippen LogP contribution in [0.2, 0.25) is 0 Å². The number of esters is 1. The fourth-order valence-electron chi connectivity index (χ4n) is 4.10. The summed E-state index contributed by atoms with van der Waals surface area (Å²) >= 11 is 0.776. The number of amides is 1. The first-order valence-electron chi connectivity index (χ1n) is 15.6. The van der Waals surface area contributed by atoms with Gasteiger partial charge in [-0.2, -0.15) is 0 Å². The number of benzene rings is 2. The van der Waals surface area contributed by atoms with Gasteiger partial charge in [-0.1, -0.05) is 25.1 Å². The molecule has 4 aromatic rings. The molecule has 0 aliphatic rings. The molecule has 0 fully saturated rings. The standard InChI is InChI=1S/C16H21N5O4S.C10H13NO5S.C5H9N3O2/c1-4-10-25-15(22)21-14(17-18-19-21)26-16(23)20(5-2)11-12-8-6-7-9-13(12)24-3;1-15-9-5-4-7(10(12)16-2)6-8(9)11-17(3,13)14;1-6-4(9)7(2)8(3)5(6)10/h6-9H,4-5,10-11H2,1-3H3;4-6,11H,1-3H3;1-3H3. The maximum atomic E-state index is 12.6. The molecule has 0 bridgehead atoms. The van der Waals surface area contributed by atoms with Crippen molar-refractivity contribution in [1.82, 2.24) is 39.0 Å². The Morgan fingerprint density at radius 3 is 2.06 bits per heavy atom. The van der Waals surface area contributed by atoms with Crippen LogP contribution in [-0.2, 0) is 47.2 Å². The third kappa shape index (κ3) is 12.5. The van der Waals surface area contributed by atoms with Crippen LogP contribution in [0.3, 0.4) is 0 Å². The number of para-hydroxylation sites is 1. The summed E-state index contributed by atoms with van der Waals surface area (Å²) in [4.78, 5) is 59.3. The Balaban J connectivity index is 0.000000307. The van der Waals surface area contributed by atoms with Crippen molar-refractivity contribution >= 4 is 44.8 Å². The van der Waals surface area contributed by atoms with Crippen LogP contribution in [-0.4, -0.2) is 105 Å². The summed E-state index contributed by atoms with van der Waals surface area (Å²) in [5.74, 6) is 0.476. The van der Waals surface area contributed by atoms with Gasteiger partial charge in [-0.25, -0.2) is 41.5 Å². The number of sulfonamides is 1. The van der Waals surface area contributed by atoms with E-state index in [1.807, 2.05) is 38.1 Å². The van der Waals surface area contributed by atoms with Crippen LogP contribution in [0.4, 0.5) is 15.3 Å². The van der Waals surface area contributed by atoms with E-state index in [-0.39, 0.29) is 39.6 Å². The minimum absolute atomic E-state index is 0.0644. The number of tetrazole rings is 1. The molecule has 290 valence electrons. The van der Waals surface area contributed by atoms with Crippen LogP contribution in [0.15, 0.2) is 57.2 Å². The molecule has 53 heavy (non-hydrogen) atoms. The fourth-order valence-corrected chi connectivity index (χ4v) is 5.41. The number of nitrogens with zero attached hydrogens (tertiary/aromatic N) is 8. The van der Waals surface area contributed by atoms with Crippen LogP contribution in [0.1, 0.15) is 36.2 Å². The van der Waals surface area contributed by atoms with Crippen LogP contribution in [0, 0.1) is 0 Å². The van der Waals surface area contributed by atoms with Gasteiger partial charge in [0.15, 0.2) is 0 Å². The zero-order valence-electron chi connectivity index (χ0n) is 30.8. The van der Waals surface area contributed by atoms with E-state index in [2.05, 4.69) is 25.0 Å². The van der Waals surface area contributed by atoms with Crippen LogP contribution in [0.5, 0.6) is 11.5 Å². The van der Waals surface area contributed by atoms with Gasteiger partial charge in [0.05, 0.1) is 52.0 Å². The van der Waals surface area contributed by atoms with Crippen molar-refractivity contribution in [1.29, 1.82) is 0 Å². The summed E-state index contributed by atoms with van der Waals surface area (Å²) in [6, 6.07) is 11.8. The van der Waals surface area contributed by atoms with E-state index in [9.17, 15) is 32.4 Å². The number of carbonyl (C=O) groups is 3. The molecule has 0 atom stereocenters. The molecule has 0 aliphatic heterocycles. The molecule has 0 spiro atoms. The predicted molar refractivity (Wildman–Crippen MR) is 194 cm³/mol. The summed E-state index contributed by atoms with van der Waals surface area (Å²) in [5, 5.41) is 10.6. The van der Waals surface area contributed by atoms with E-state index in [0.717, 1.165) is 32.8 Å². The Bertz CT molecular complexity index is 2060. The number of thioether (sulfide) groups is 1. The van der Waals surface area contributed by atoms with Crippen molar-refractivity contribution in [2.45, 2.75) is 32.0 Å². The second kappa shape index (κ2) is 20.4. The number of hydrogen-bond donors (Lipinski definition) is 1. The van der Waals surface area contributed by atoms with Crippen molar-refractivity contribution in [2.24, 2.45) is 21.1 Å². The van der Waals surface area contributed by atoms with Crippen LogP contribution >= 0.6 is 11.8 Å². The molecule has 0 unspecified atom stereocenters. The highest BCUT2D eigenvalue weighted by atomic mass is 32.2. The maximum absolute atomic E-state index is 12.6. The van der Waals surface area contributed by atoms with E-state index in [0.29, 0.717) is 31.0 Å². The number of hydrogen-bond acceptors (Lipinski definition) is 15. The molecule has 4 rings (SSSR count). The average Bonchev–Trinajstić information content (AvgIpc) is 3.67. The van der Waals surface area contributed by atoms with E-state index < -0.39 is 22.1 Å². The summed E-state index contributed by atoms with van der Waals surface area (Å²) in [6.45, 7) is 4.85. The second-order valence-electron chi connectivity index (χ2n) is 10.6. The number of anilines is 1. The molecule has 1 amide bonds. The number of ether oxygens (including phenoxy) is 4. The van der Waals surface area contributed by atoms with Crippen molar-refractivity contribution < 1.29 is 41.7 Å². The monoisotopic (exact) mass is 781 g/mol. The number of carbonyl (C=O) groups excluding carboxylic acids is 3. The third-order valence-electron chi connectivity index (χ3n) is 6.91. The van der Waals surface area contributed by atoms with Crippen molar-refractivity contribution in [3.8, 4) is 11.5 Å². The molecule has 0 radical (unpaired) electrons. The number of aromatic nitrogens is 7. The van der Waals surface area contributed by atoms with E-state index in [1.54, 1.807) is 26.1 Å². The highest BCUT2D eigenvalue weighted by Crippen LogP contribution is 2.27. The lowest BCUT2D eigenvalue weighted by atomic mass is 10.2. The Labute approximate surface area is 309 Å². The summed E-state index contributed by atoms with van der Waals surface area (Å²) in [7, 11) is 5.33. The highest BCUT2D eigenvalue weighted by Gasteiger charge is 2.23. The third-order valence-corrected chi connectivity index (χ3v) is 8.37. The second-order valence-corrected chi connectivity index (χ2v) is 13.3. The van der Waals surface area contributed by atoms with Gasteiger partial charge in [-0.15, -0.1) is 9.78 Å². The lowest BCUT2D eigenvalue weighted by Crippen LogP contribution is -2.27. The lowest BCUT2D eigenvalue weighted by Gasteiger charge is -2.21. The van der Waals surface area contributed by atoms with E-state index in [1.165, 1.54) is 48.8 Å². The molecule has 0 aliphatic carbocycles. The van der Waals surface area contributed by atoms with Crippen LogP contribution in [0.25, 0.3) is 0 Å². The molecule has 2 aromatic heterocycles. The Hall–Kier alpha value is -5.64. The van der Waals surface area contributed by atoms with Gasteiger partial charge < -0.3 is 23.8 Å². The summed E-state index contributed by atoms with van der Waals surface area (Å²) < 4.78 is 48.8. The first kappa shape index (κ1) is 43.5. The van der Waals surface area contributed by atoms with Gasteiger partial charge in [-0.05, 0) is 48.0 Å². The Morgan fingerprint density at radius 2 is 1.55 bits per heavy atom. The maximum Gasteiger partial charge on any atom is 0.438 e. The van der Waals surface area contributed by atoms with Crippen molar-refractivity contribution in [3.63, 3.8) is 0 Å². The summed E-state index contributed by atoms with van der Waals surface area (Å²) in [6.07, 6.45) is 0.981. The normalized spacial score (nSPS) is 10.5. The largest absolute Gasteiger partial charge is 0.496 e. The van der Waals surface area contributed by atoms with Crippen molar-refractivity contribution in [2.75, 3.05) is 45.5 Å². The molecule has 22 heteroatoms. The quantitative estimate of drug-likeness (QED) is 0.130. The van der Waals surface area contributed by atoms with Gasteiger partial charge in [0.25, 0.3) is 5.24 Å². The molecule has 2 aromatic carbocycles. The zero-order chi connectivity index (χ0) is 39.9. The Kier molecular flexibility index (Phi) is 16.8. The molecule has 20 nitrogen and oxygen atoms in total. The zero-order valence-corrected chi connectivity index (χ0v) is 32.4. The van der Waals surface area contributed by atoms with Gasteiger partial charge in [0.2, 0.25) is 15.2 Å². The number of methoxy groups -OCH3 is 3. The minimum atomic E-state index is -3.44. The lowest BCUT2D eigenvalue weighted by molar-refractivity contribution is 0.0600. The predicted octanol–water partition coefficient (Wildman–Crippen LogP) is 2.09. The van der Waals surface area contributed by atoms with E-state index in [4.69, 9.17) is 14.2 Å². The topological polar surface area (TPSA) is 230 Å². The highest BCUT2D eigenvalue weighted by molar-refractivity contribution is 8.13. The van der Waals surface area contributed by atoms with Gasteiger partial charge in [0.1, 0.15) is 11.5 Å². The molecular formula is C31H43N9O11S2. The average molecular weight is 782 g/mol. The first-order valence-corrected chi connectivity index (χ1v) is 18.3. The van der Waals surface area contributed by atoms with Crippen molar-refractivity contribution in [3.05, 3.63) is 74.6 Å². The van der Waals surface area contributed by atoms with Gasteiger partial charge >= 0.3 is 23.4 Å². The number of rotatable bonds is 11. The molecular weight excluding hydrogens is 739 g/mol. The minimum Gasteiger partial charge on any atom is -0.496 e. The first-order chi connectivity index (χ1) is 25.0. The molecule has 0 saturated heterocycles. The SMILES string of the molecule is CCCOC(=O)n1nnnc1SC(=O)N(CC)Cc1ccccc1OC.COC(=O)c1ccc(OC)c(NS(C)(=O)=O)c1.Cn1c(=O)n(C)n(C)c1=O. The van der Waals surface area contributed by atoms with Gasteiger partial charge in [0, 0.05) is 45.0 Å². The Morgan fingerprint density at radius 1 is 0.925 bits per heavy atom.